The van der Waals surface area contributed by atoms with E-state index in [0.29, 0.717) is 19.3 Å². The minimum absolute atomic E-state index is 0.0240. The number of carbonyl (C=O) groups is 2. The Kier molecular flexibility index (Phi) is 4.98. The molecule has 2 heterocycles. The second-order valence-electron chi connectivity index (χ2n) is 6.88. The summed E-state index contributed by atoms with van der Waals surface area (Å²) in [7, 11) is 0. The van der Waals surface area contributed by atoms with Gasteiger partial charge in [0.25, 0.3) is 0 Å². The zero-order valence-electron chi connectivity index (χ0n) is 14.5. The lowest BCUT2D eigenvalue weighted by atomic mass is 9.89. The fourth-order valence-electron chi connectivity index (χ4n) is 3.71. The van der Waals surface area contributed by atoms with Crippen LogP contribution in [0.3, 0.4) is 0 Å². The second-order valence-corrected chi connectivity index (χ2v) is 8.02. The number of hydrogen-bond acceptors (Lipinski definition) is 3. The first kappa shape index (κ1) is 17.2. The highest BCUT2D eigenvalue weighted by atomic mass is 32.2. The van der Waals surface area contributed by atoms with Gasteiger partial charge in [0, 0.05) is 28.7 Å². The Morgan fingerprint density at radius 1 is 1.15 bits per heavy atom. The molecule has 2 N–H and O–H groups in total. The quantitative estimate of drug-likeness (QED) is 0.862. The van der Waals surface area contributed by atoms with E-state index in [1.165, 1.54) is 10.5 Å². The molecule has 134 valence electrons. The molecule has 0 aromatic heterocycles. The van der Waals surface area contributed by atoms with Crippen LogP contribution < -0.4 is 10.6 Å². The third-order valence-electron chi connectivity index (χ3n) is 5.13. The molecule has 2 unspecified atom stereocenters. The third-order valence-corrected chi connectivity index (χ3v) is 6.25. The lowest BCUT2D eigenvalue weighted by Crippen LogP contribution is -2.33. The molecule has 2 aromatic rings. The second kappa shape index (κ2) is 7.54. The summed E-state index contributed by atoms with van der Waals surface area (Å²) in [5.41, 5.74) is 3.26. The lowest BCUT2D eigenvalue weighted by molar-refractivity contribution is -0.123. The molecule has 4 nitrogen and oxygen atoms in total. The average molecular weight is 366 g/mol. The maximum absolute atomic E-state index is 12.5. The van der Waals surface area contributed by atoms with Gasteiger partial charge in [-0.3, -0.25) is 9.59 Å². The SMILES string of the molecule is O=C(CCC1Cc2ccccc2NC1=O)NC1CCSc2ccccc21. The number of benzene rings is 2. The molecule has 5 heteroatoms. The monoisotopic (exact) mass is 366 g/mol. The van der Waals surface area contributed by atoms with E-state index in [9.17, 15) is 9.59 Å². The molecule has 0 saturated heterocycles. The van der Waals surface area contributed by atoms with Gasteiger partial charge in [0.2, 0.25) is 11.8 Å². The maximum atomic E-state index is 12.5. The van der Waals surface area contributed by atoms with Crippen LogP contribution >= 0.6 is 11.8 Å². The fraction of sp³-hybridized carbons (Fsp3) is 0.333. The summed E-state index contributed by atoms with van der Waals surface area (Å²) in [5, 5.41) is 6.12. The van der Waals surface area contributed by atoms with E-state index in [-0.39, 0.29) is 23.8 Å². The molecule has 0 fully saturated rings. The van der Waals surface area contributed by atoms with Gasteiger partial charge in [-0.15, -0.1) is 11.8 Å². The molecule has 2 aromatic carbocycles. The van der Waals surface area contributed by atoms with E-state index >= 15 is 0 Å². The van der Waals surface area contributed by atoms with Crippen molar-refractivity contribution in [2.24, 2.45) is 5.92 Å². The van der Waals surface area contributed by atoms with Gasteiger partial charge in [0.05, 0.1) is 6.04 Å². The summed E-state index contributed by atoms with van der Waals surface area (Å²) in [6.07, 6.45) is 2.62. The number of rotatable bonds is 4. The molecule has 2 aliphatic rings. The Morgan fingerprint density at radius 3 is 2.88 bits per heavy atom. The van der Waals surface area contributed by atoms with Crippen molar-refractivity contribution in [1.29, 1.82) is 0 Å². The Labute approximate surface area is 157 Å². The molecule has 26 heavy (non-hydrogen) atoms. The molecule has 0 bridgehead atoms. The highest BCUT2D eigenvalue weighted by Gasteiger charge is 2.27. The molecule has 0 saturated carbocycles. The van der Waals surface area contributed by atoms with Crippen LogP contribution in [0.25, 0.3) is 0 Å². The topological polar surface area (TPSA) is 58.2 Å². The number of para-hydroxylation sites is 1. The van der Waals surface area contributed by atoms with Gasteiger partial charge in [0.15, 0.2) is 0 Å². The van der Waals surface area contributed by atoms with Crippen LogP contribution in [0, 0.1) is 5.92 Å². The van der Waals surface area contributed by atoms with Gasteiger partial charge < -0.3 is 10.6 Å². The number of carbonyl (C=O) groups excluding carboxylic acids is 2. The van der Waals surface area contributed by atoms with E-state index < -0.39 is 0 Å². The van der Waals surface area contributed by atoms with Crippen LogP contribution in [0.2, 0.25) is 0 Å². The summed E-state index contributed by atoms with van der Waals surface area (Å²) in [4.78, 5) is 26.0. The highest BCUT2D eigenvalue weighted by Crippen LogP contribution is 2.36. The van der Waals surface area contributed by atoms with E-state index in [0.717, 1.165) is 23.4 Å². The van der Waals surface area contributed by atoms with Gasteiger partial charge in [-0.05, 0) is 42.5 Å². The fourth-order valence-corrected chi connectivity index (χ4v) is 4.84. The number of anilines is 1. The third kappa shape index (κ3) is 3.63. The van der Waals surface area contributed by atoms with Gasteiger partial charge in [-0.1, -0.05) is 36.4 Å². The summed E-state index contributed by atoms with van der Waals surface area (Å²) in [6.45, 7) is 0. The first-order chi connectivity index (χ1) is 12.7. The van der Waals surface area contributed by atoms with Crippen LogP contribution in [-0.4, -0.2) is 17.6 Å². The highest BCUT2D eigenvalue weighted by molar-refractivity contribution is 7.99. The van der Waals surface area contributed by atoms with Gasteiger partial charge in [-0.2, -0.15) is 0 Å². The van der Waals surface area contributed by atoms with Gasteiger partial charge in [-0.25, -0.2) is 0 Å². The molecule has 2 aliphatic heterocycles. The standard InChI is InChI=1S/C21H22N2O2S/c24-20(22-18-11-12-26-19-8-4-2-6-16(18)19)10-9-15-13-14-5-1-3-7-17(14)23-21(15)25/h1-8,15,18H,9-13H2,(H,22,24)(H,23,25). The van der Waals surface area contributed by atoms with Crippen LogP contribution in [-0.2, 0) is 16.0 Å². The van der Waals surface area contributed by atoms with E-state index in [4.69, 9.17) is 0 Å². The average Bonchev–Trinajstić information content (AvgIpc) is 2.66. The van der Waals surface area contributed by atoms with Crippen LogP contribution in [0.1, 0.15) is 36.4 Å². The van der Waals surface area contributed by atoms with Gasteiger partial charge >= 0.3 is 0 Å². The minimum atomic E-state index is -0.134. The molecule has 2 amide bonds. The van der Waals surface area contributed by atoms with Crippen molar-refractivity contribution in [3.63, 3.8) is 0 Å². The molecular formula is C21H22N2O2S. The molecule has 0 spiro atoms. The summed E-state index contributed by atoms with van der Waals surface area (Å²) >= 11 is 1.85. The van der Waals surface area contributed by atoms with Crippen molar-refractivity contribution >= 4 is 29.3 Å². The Hall–Kier alpha value is -2.27. The van der Waals surface area contributed by atoms with Crippen molar-refractivity contribution in [2.75, 3.05) is 11.1 Å². The Bertz CT molecular complexity index is 836. The zero-order valence-corrected chi connectivity index (χ0v) is 15.4. The molecule has 0 radical (unpaired) electrons. The first-order valence-corrected chi connectivity index (χ1v) is 10.1. The van der Waals surface area contributed by atoms with E-state index in [1.807, 2.05) is 48.2 Å². The number of nitrogens with one attached hydrogen (secondary N) is 2. The predicted molar refractivity (Wildman–Crippen MR) is 104 cm³/mol. The minimum Gasteiger partial charge on any atom is -0.349 e. The smallest absolute Gasteiger partial charge is 0.227 e. The van der Waals surface area contributed by atoms with Crippen molar-refractivity contribution in [2.45, 2.75) is 36.6 Å². The number of fused-ring (bicyclic) bond motifs is 2. The van der Waals surface area contributed by atoms with Crippen molar-refractivity contribution in [1.82, 2.24) is 5.32 Å². The molecule has 4 rings (SSSR count). The van der Waals surface area contributed by atoms with Crippen LogP contribution in [0.4, 0.5) is 5.69 Å². The van der Waals surface area contributed by atoms with Crippen molar-refractivity contribution in [3.8, 4) is 0 Å². The summed E-state index contributed by atoms with van der Waals surface area (Å²) < 4.78 is 0. The van der Waals surface area contributed by atoms with Gasteiger partial charge in [0.1, 0.15) is 0 Å². The Balaban J connectivity index is 1.35. The summed E-state index contributed by atoms with van der Waals surface area (Å²) in [5.74, 6) is 0.938. The van der Waals surface area contributed by atoms with E-state index in [1.54, 1.807) is 0 Å². The lowest BCUT2D eigenvalue weighted by Gasteiger charge is -2.27. The molecule has 2 atom stereocenters. The summed E-state index contributed by atoms with van der Waals surface area (Å²) in [6, 6.07) is 16.2. The van der Waals surface area contributed by atoms with Crippen LogP contribution in [0.15, 0.2) is 53.4 Å². The number of thioether (sulfide) groups is 1. The predicted octanol–water partition coefficient (Wildman–Crippen LogP) is 3.93. The largest absolute Gasteiger partial charge is 0.349 e. The van der Waals surface area contributed by atoms with Crippen molar-refractivity contribution in [3.05, 3.63) is 59.7 Å². The first-order valence-electron chi connectivity index (χ1n) is 9.10. The zero-order chi connectivity index (χ0) is 17.9. The van der Waals surface area contributed by atoms with Crippen molar-refractivity contribution < 1.29 is 9.59 Å². The van der Waals surface area contributed by atoms with Crippen LogP contribution in [0.5, 0.6) is 0 Å². The Morgan fingerprint density at radius 2 is 1.96 bits per heavy atom. The molecule has 0 aliphatic carbocycles. The normalized spacial score (nSPS) is 21.3. The molecular weight excluding hydrogens is 344 g/mol. The van der Waals surface area contributed by atoms with E-state index in [2.05, 4.69) is 22.8 Å². The number of amides is 2. The maximum Gasteiger partial charge on any atom is 0.227 e. The number of hydrogen-bond donors (Lipinski definition) is 2.